The van der Waals surface area contributed by atoms with Crippen molar-refractivity contribution in [3.8, 4) is 0 Å². The summed E-state index contributed by atoms with van der Waals surface area (Å²) in [6.07, 6.45) is 1.35. The first-order valence-corrected chi connectivity index (χ1v) is 6.06. The van der Waals surface area contributed by atoms with Crippen LogP contribution in [-0.4, -0.2) is 48.5 Å². The quantitative estimate of drug-likeness (QED) is 0.857. The van der Waals surface area contributed by atoms with Crippen molar-refractivity contribution in [3.05, 3.63) is 12.1 Å². The van der Waals surface area contributed by atoms with E-state index in [1.165, 1.54) is 0 Å². The second-order valence-electron chi connectivity index (χ2n) is 4.74. The van der Waals surface area contributed by atoms with Crippen LogP contribution in [0, 0.1) is 5.92 Å². The lowest BCUT2D eigenvalue weighted by molar-refractivity contribution is -0.142. The monoisotopic (exact) mass is 250 g/mol. The SMILES string of the molecule is CN(C)c1ccc(N2CCC(C(=O)O)CC2)nn1. The summed E-state index contributed by atoms with van der Waals surface area (Å²) in [6, 6.07) is 3.86. The van der Waals surface area contributed by atoms with E-state index >= 15 is 0 Å². The van der Waals surface area contributed by atoms with Crippen molar-refractivity contribution in [1.29, 1.82) is 0 Å². The molecule has 0 unspecified atom stereocenters. The molecule has 6 heteroatoms. The van der Waals surface area contributed by atoms with Crippen LogP contribution in [0.5, 0.6) is 0 Å². The molecule has 1 aliphatic rings. The molecule has 1 fully saturated rings. The molecule has 0 aromatic carbocycles. The van der Waals surface area contributed by atoms with Gasteiger partial charge in [0, 0.05) is 27.2 Å². The van der Waals surface area contributed by atoms with E-state index in [4.69, 9.17) is 5.11 Å². The lowest BCUT2D eigenvalue weighted by atomic mass is 9.97. The summed E-state index contributed by atoms with van der Waals surface area (Å²) in [5.41, 5.74) is 0. The van der Waals surface area contributed by atoms with Gasteiger partial charge in [0.05, 0.1) is 5.92 Å². The lowest BCUT2D eigenvalue weighted by Gasteiger charge is -2.30. The number of nitrogens with zero attached hydrogens (tertiary/aromatic N) is 4. The maximum atomic E-state index is 10.9. The maximum absolute atomic E-state index is 10.9. The van der Waals surface area contributed by atoms with Crippen molar-refractivity contribution in [3.63, 3.8) is 0 Å². The Morgan fingerprint density at radius 3 is 2.44 bits per heavy atom. The largest absolute Gasteiger partial charge is 0.481 e. The molecule has 1 aromatic rings. The summed E-state index contributed by atoms with van der Waals surface area (Å²) in [6.45, 7) is 1.46. The van der Waals surface area contributed by atoms with E-state index in [1.54, 1.807) is 0 Å². The normalized spacial score (nSPS) is 16.7. The van der Waals surface area contributed by atoms with Crippen LogP contribution in [0.25, 0.3) is 0 Å². The number of hydrogen-bond donors (Lipinski definition) is 1. The number of aliphatic carboxylic acids is 1. The van der Waals surface area contributed by atoms with Gasteiger partial charge in [-0.3, -0.25) is 4.79 Å². The lowest BCUT2D eigenvalue weighted by Crippen LogP contribution is -2.36. The molecule has 1 saturated heterocycles. The zero-order chi connectivity index (χ0) is 13.1. The Morgan fingerprint density at radius 2 is 2.00 bits per heavy atom. The van der Waals surface area contributed by atoms with Crippen molar-refractivity contribution in [2.24, 2.45) is 5.92 Å². The molecule has 6 nitrogen and oxygen atoms in total. The minimum Gasteiger partial charge on any atom is -0.481 e. The van der Waals surface area contributed by atoms with Crippen molar-refractivity contribution < 1.29 is 9.90 Å². The van der Waals surface area contributed by atoms with Gasteiger partial charge in [0.15, 0.2) is 11.6 Å². The Kier molecular flexibility index (Phi) is 3.64. The van der Waals surface area contributed by atoms with Crippen molar-refractivity contribution in [2.75, 3.05) is 37.0 Å². The van der Waals surface area contributed by atoms with E-state index in [-0.39, 0.29) is 5.92 Å². The first kappa shape index (κ1) is 12.6. The molecule has 0 amide bonds. The van der Waals surface area contributed by atoms with E-state index in [0.717, 1.165) is 24.7 Å². The standard InChI is InChI=1S/C12H18N4O2/c1-15(2)10-3-4-11(14-13-10)16-7-5-9(6-8-16)12(17)18/h3-4,9H,5-8H2,1-2H3,(H,17,18). The third-order valence-electron chi connectivity index (χ3n) is 3.26. The number of carbonyl (C=O) groups is 1. The zero-order valence-corrected chi connectivity index (χ0v) is 10.7. The van der Waals surface area contributed by atoms with Gasteiger partial charge in [-0.2, -0.15) is 0 Å². The molecule has 2 rings (SSSR count). The van der Waals surface area contributed by atoms with Crippen LogP contribution in [0.4, 0.5) is 11.6 Å². The first-order chi connectivity index (χ1) is 8.58. The average Bonchev–Trinajstić information content (AvgIpc) is 2.39. The predicted molar refractivity (Wildman–Crippen MR) is 68.9 cm³/mol. The Hall–Kier alpha value is -1.85. The number of anilines is 2. The van der Waals surface area contributed by atoms with Crippen LogP contribution >= 0.6 is 0 Å². The number of carboxylic acid groups (broad SMARTS) is 1. The third-order valence-corrected chi connectivity index (χ3v) is 3.26. The number of rotatable bonds is 3. The number of hydrogen-bond acceptors (Lipinski definition) is 5. The highest BCUT2D eigenvalue weighted by molar-refractivity contribution is 5.70. The van der Waals surface area contributed by atoms with Crippen LogP contribution < -0.4 is 9.80 Å². The second kappa shape index (κ2) is 5.20. The fourth-order valence-corrected chi connectivity index (χ4v) is 2.08. The molecule has 98 valence electrons. The fraction of sp³-hybridized carbons (Fsp3) is 0.583. The van der Waals surface area contributed by atoms with Crippen LogP contribution in [0.2, 0.25) is 0 Å². The highest BCUT2D eigenvalue weighted by Gasteiger charge is 2.25. The zero-order valence-electron chi connectivity index (χ0n) is 10.7. The first-order valence-electron chi connectivity index (χ1n) is 6.06. The molecule has 1 aromatic heterocycles. The van der Waals surface area contributed by atoms with E-state index in [9.17, 15) is 4.79 Å². The van der Waals surface area contributed by atoms with Crippen molar-refractivity contribution >= 4 is 17.6 Å². The van der Waals surface area contributed by atoms with E-state index in [0.29, 0.717) is 12.8 Å². The topological polar surface area (TPSA) is 69.6 Å². The van der Waals surface area contributed by atoms with Crippen molar-refractivity contribution in [2.45, 2.75) is 12.8 Å². The molecular weight excluding hydrogens is 232 g/mol. The highest BCUT2D eigenvalue weighted by Crippen LogP contribution is 2.22. The molecule has 0 bridgehead atoms. The van der Waals surface area contributed by atoms with Gasteiger partial charge in [-0.05, 0) is 25.0 Å². The molecule has 0 spiro atoms. The Morgan fingerprint density at radius 1 is 1.33 bits per heavy atom. The average molecular weight is 250 g/mol. The number of piperidine rings is 1. The molecule has 18 heavy (non-hydrogen) atoms. The Bertz CT molecular complexity index is 411. The molecule has 1 N–H and O–H groups in total. The number of aromatic nitrogens is 2. The van der Waals surface area contributed by atoms with E-state index in [1.807, 2.05) is 31.1 Å². The minimum absolute atomic E-state index is 0.213. The summed E-state index contributed by atoms with van der Waals surface area (Å²) >= 11 is 0. The highest BCUT2D eigenvalue weighted by atomic mass is 16.4. The maximum Gasteiger partial charge on any atom is 0.306 e. The summed E-state index contributed by atoms with van der Waals surface area (Å²) in [4.78, 5) is 14.9. The van der Waals surface area contributed by atoms with Crippen LogP contribution in [0.15, 0.2) is 12.1 Å². The molecule has 0 atom stereocenters. The fourth-order valence-electron chi connectivity index (χ4n) is 2.08. The van der Waals surface area contributed by atoms with Crippen LogP contribution in [0.1, 0.15) is 12.8 Å². The number of carboxylic acids is 1. The van der Waals surface area contributed by atoms with Gasteiger partial charge in [0.2, 0.25) is 0 Å². The smallest absolute Gasteiger partial charge is 0.306 e. The van der Waals surface area contributed by atoms with Gasteiger partial charge in [-0.25, -0.2) is 0 Å². The van der Waals surface area contributed by atoms with E-state index < -0.39 is 5.97 Å². The molecule has 0 saturated carbocycles. The Balaban J connectivity index is 1.99. The summed E-state index contributed by atoms with van der Waals surface area (Å²) in [5, 5.41) is 17.2. The van der Waals surface area contributed by atoms with Gasteiger partial charge in [-0.15, -0.1) is 10.2 Å². The van der Waals surface area contributed by atoms with Gasteiger partial charge < -0.3 is 14.9 Å². The Labute approximate surface area is 106 Å². The van der Waals surface area contributed by atoms with Crippen LogP contribution in [-0.2, 0) is 4.79 Å². The molecule has 1 aliphatic heterocycles. The minimum atomic E-state index is -0.691. The second-order valence-corrected chi connectivity index (χ2v) is 4.74. The van der Waals surface area contributed by atoms with Crippen LogP contribution in [0.3, 0.4) is 0 Å². The molecular formula is C12H18N4O2. The summed E-state index contributed by atoms with van der Waals surface area (Å²) in [5.74, 6) is 0.738. The predicted octanol–water partition coefficient (Wildman–Crippen LogP) is 0.844. The third kappa shape index (κ3) is 2.69. The van der Waals surface area contributed by atoms with Gasteiger partial charge in [0.25, 0.3) is 0 Å². The molecule has 0 aliphatic carbocycles. The van der Waals surface area contributed by atoms with Crippen molar-refractivity contribution in [1.82, 2.24) is 10.2 Å². The molecule has 0 radical (unpaired) electrons. The van der Waals surface area contributed by atoms with Gasteiger partial charge in [-0.1, -0.05) is 0 Å². The van der Waals surface area contributed by atoms with E-state index in [2.05, 4.69) is 15.1 Å². The van der Waals surface area contributed by atoms with Gasteiger partial charge >= 0.3 is 5.97 Å². The molecule has 2 heterocycles. The van der Waals surface area contributed by atoms with Gasteiger partial charge in [0.1, 0.15) is 0 Å². The summed E-state index contributed by atoms with van der Waals surface area (Å²) in [7, 11) is 3.84. The summed E-state index contributed by atoms with van der Waals surface area (Å²) < 4.78 is 0.